The van der Waals surface area contributed by atoms with E-state index in [1.807, 2.05) is 0 Å². The predicted octanol–water partition coefficient (Wildman–Crippen LogP) is 2.60. The molecule has 0 spiro atoms. The number of nitrogens with zero attached hydrogens (tertiary/aromatic N) is 1. The molecule has 1 rings (SSSR count). The van der Waals surface area contributed by atoms with Crippen molar-refractivity contribution in [1.82, 2.24) is 4.90 Å². The summed E-state index contributed by atoms with van der Waals surface area (Å²) in [7, 11) is 1.72. The van der Waals surface area contributed by atoms with Crippen LogP contribution in [0.15, 0.2) is 24.3 Å². The van der Waals surface area contributed by atoms with Crippen LogP contribution >= 0.6 is 0 Å². The number of hydrogen-bond donors (Lipinski definition) is 1. The first kappa shape index (κ1) is 16.2. The van der Waals surface area contributed by atoms with Gasteiger partial charge in [-0.25, -0.2) is 0 Å². The minimum absolute atomic E-state index is 0.244. The largest absolute Gasteiger partial charge is 0.392 e. The van der Waals surface area contributed by atoms with Gasteiger partial charge in [0, 0.05) is 26.7 Å². The average molecular weight is 265 g/mol. The van der Waals surface area contributed by atoms with E-state index < -0.39 is 0 Å². The molecule has 0 aliphatic heterocycles. The van der Waals surface area contributed by atoms with Gasteiger partial charge in [0.15, 0.2) is 0 Å². The highest BCUT2D eigenvalue weighted by Gasteiger charge is 2.11. The molecule has 0 radical (unpaired) electrons. The van der Waals surface area contributed by atoms with E-state index in [9.17, 15) is 5.11 Å². The molecule has 1 aromatic rings. The van der Waals surface area contributed by atoms with Gasteiger partial charge in [-0.3, -0.25) is 4.90 Å². The van der Waals surface area contributed by atoms with Gasteiger partial charge >= 0.3 is 0 Å². The summed E-state index contributed by atoms with van der Waals surface area (Å²) in [5.41, 5.74) is 2.57. The molecule has 0 bridgehead atoms. The molecule has 3 heteroatoms. The molecule has 0 saturated carbocycles. The summed E-state index contributed by atoms with van der Waals surface area (Å²) < 4.78 is 5.15. The van der Waals surface area contributed by atoms with Crippen LogP contribution in [0.2, 0.25) is 0 Å². The van der Waals surface area contributed by atoms with Crippen LogP contribution in [0.1, 0.15) is 30.9 Å². The SMILES string of the molecule is CCCC(O)CN(CCOC)Cc1cccc(C)c1. The van der Waals surface area contributed by atoms with Crippen molar-refractivity contribution in [2.24, 2.45) is 0 Å². The van der Waals surface area contributed by atoms with Crippen molar-refractivity contribution in [3.63, 3.8) is 0 Å². The van der Waals surface area contributed by atoms with E-state index in [1.54, 1.807) is 7.11 Å². The molecule has 1 aromatic carbocycles. The lowest BCUT2D eigenvalue weighted by Crippen LogP contribution is -2.34. The predicted molar refractivity (Wildman–Crippen MR) is 79.2 cm³/mol. The third-order valence-electron chi connectivity index (χ3n) is 3.19. The molecular formula is C16H27NO2. The Labute approximate surface area is 117 Å². The molecule has 19 heavy (non-hydrogen) atoms. The summed E-state index contributed by atoms with van der Waals surface area (Å²) in [5.74, 6) is 0. The molecule has 0 aliphatic carbocycles. The fourth-order valence-corrected chi connectivity index (χ4v) is 2.25. The Morgan fingerprint density at radius 3 is 2.79 bits per heavy atom. The van der Waals surface area contributed by atoms with Crippen LogP contribution in [0.4, 0.5) is 0 Å². The molecule has 1 atom stereocenters. The van der Waals surface area contributed by atoms with E-state index in [2.05, 4.69) is 43.0 Å². The molecular weight excluding hydrogens is 238 g/mol. The van der Waals surface area contributed by atoms with Crippen LogP contribution in [0.25, 0.3) is 0 Å². The van der Waals surface area contributed by atoms with Gasteiger partial charge in [-0.2, -0.15) is 0 Å². The Morgan fingerprint density at radius 1 is 1.37 bits per heavy atom. The number of benzene rings is 1. The first-order chi connectivity index (χ1) is 9.15. The number of aliphatic hydroxyl groups is 1. The zero-order valence-corrected chi connectivity index (χ0v) is 12.4. The monoisotopic (exact) mass is 265 g/mol. The second kappa shape index (κ2) is 9.08. The van der Waals surface area contributed by atoms with Gasteiger partial charge in [0.1, 0.15) is 0 Å². The fraction of sp³-hybridized carbons (Fsp3) is 0.625. The molecule has 0 saturated heterocycles. The van der Waals surface area contributed by atoms with Crippen molar-refractivity contribution >= 4 is 0 Å². The van der Waals surface area contributed by atoms with Crippen molar-refractivity contribution in [2.45, 2.75) is 39.3 Å². The number of aliphatic hydroxyl groups excluding tert-OH is 1. The molecule has 108 valence electrons. The molecule has 0 heterocycles. The lowest BCUT2D eigenvalue weighted by molar-refractivity contribution is 0.0800. The highest BCUT2D eigenvalue weighted by molar-refractivity contribution is 5.22. The maximum atomic E-state index is 9.97. The van der Waals surface area contributed by atoms with Crippen LogP contribution in [0.5, 0.6) is 0 Å². The molecule has 3 nitrogen and oxygen atoms in total. The van der Waals surface area contributed by atoms with Gasteiger partial charge in [-0.15, -0.1) is 0 Å². The normalized spacial score (nSPS) is 12.9. The van der Waals surface area contributed by atoms with E-state index in [1.165, 1.54) is 11.1 Å². The van der Waals surface area contributed by atoms with E-state index in [4.69, 9.17) is 4.74 Å². The second-order valence-corrected chi connectivity index (χ2v) is 5.16. The van der Waals surface area contributed by atoms with Crippen molar-refractivity contribution < 1.29 is 9.84 Å². The summed E-state index contributed by atoms with van der Waals surface area (Å²) in [6.45, 7) is 7.34. The first-order valence-corrected chi connectivity index (χ1v) is 7.10. The highest BCUT2D eigenvalue weighted by atomic mass is 16.5. The Balaban J connectivity index is 2.57. The second-order valence-electron chi connectivity index (χ2n) is 5.16. The average Bonchev–Trinajstić information content (AvgIpc) is 2.36. The minimum atomic E-state index is -0.244. The number of rotatable bonds is 9. The number of methoxy groups -OCH3 is 1. The topological polar surface area (TPSA) is 32.7 Å². The lowest BCUT2D eigenvalue weighted by Gasteiger charge is -2.25. The Bertz CT molecular complexity index is 354. The summed E-state index contributed by atoms with van der Waals surface area (Å²) in [4.78, 5) is 2.26. The summed E-state index contributed by atoms with van der Waals surface area (Å²) in [6, 6.07) is 8.53. The molecule has 0 fully saturated rings. The van der Waals surface area contributed by atoms with Gasteiger partial charge in [-0.1, -0.05) is 43.2 Å². The number of aryl methyl sites for hydroxylation is 1. The van der Waals surface area contributed by atoms with Crippen molar-refractivity contribution in [2.75, 3.05) is 26.8 Å². The van der Waals surface area contributed by atoms with Crippen LogP contribution in [0.3, 0.4) is 0 Å². The van der Waals surface area contributed by atoms with Crippen LogP contribution < -0.4 is 0 Å². The van der Waals surface area contributed by atoms with E-state index in [0.717, 1.165) is 25.9 Å². The Hall–Kier alpha value is -0.900. The van der Waals surface area contributed by atoms with E-state index in [0.29, 0.717) is 13.2 Å². The van der Waals surface area contributed by atoms with Crippen molar-refractivity contribution in [3.05, 3.63) is 35.4 Å². The number of ether oxygens (including phenoxy) is 1. The van der Waals surface area contributed by atoms with E-state index >= 15 is 0 Å². The molecule has 0 aromatic heterocycles. The maximum absolute atomic E-state index is 9.97. The Kier molecular flexibility index (Phi) is 7.72. The molecule has 0 amide bonds. The van der Waals surface area contributed by atoms with Crippen LogP contribution in [-0.4, -0.2) is 42.9 Å². The summed E-state index contributed by atoms with van der Waals surface area (Å²) in [6.07, 6.45) is 1.63. The van der Waals surface area contributed by atoms with Crippen LogP contribution in [-0.2, 0) is 11.3 Å². The van der Waals surface area contributed by atoms with Gasteiger partial charge < -0.3 is 9.84 Å². The molecule has 1 unspecified atom stereocenters. The standard InChI is InChI=1S/C16H27NO2/c1-4-6-16(18)13-17(9-10-19-3)12-15-8-5-7-14(2)11-15/h5,7-8,11,16,18H,4,6,9-10,12-13H2,1-3H3. The third-order valence-corrected chi connectivity index (χ3v) is 3.19. The summed E-state index contributed by atoms with van der Waals surface area (Å²) >= 11 is 0. The first-order valence-electron chi connectivity index (χ1n) is 7.10. The smallest absolute Gasteiger partial charge is 0.0667 e. The van der Waals surface area contributed by atoms with Gasteiger partial charge in [0.05, 0.1) is 12.7 Å². The highest BCUT2D eigenvalue weighted by Crippen LogP contribution is 2.09. The zero-order valence-electron chi connectivity index (χ0n) is 12.4. The van der Waals surface area contributed by atoms with Gasteiger partial charge in [0.2, 0.25) is 0 Å². The van der Waals surface area contributed by atoms with Crippen molar-refractivity contribution in [3.8, 4) is 0 Å². The van der Waals surface area contributed by atoms with E-state index in [-0.39, 0.29) is 6.10 Å². The maximum Gasteiger partial charge on any atom is 0.0667 e. The summed E-state index contributed by atoms with van der Waals surface area (Å²) in [5, 5.41) is 9.97. The molecule has 0 aliphatic rings. The van der Waals surface area contributed by atoms with Gasteiger partial charge in [-0.05, 0) is 18.9 Å². The van der Waals surface area contributed by atoms with Crippen LogP contribution in [0, 0.1) is 6.92 Å². The third kappa shape index (κ3) is 6.71. The molecule has 1 N–H and O–H groups in total. The fourth-order valence-electron chi connectivity index (χ4n) is 2.25. The quantitative estimate of drug-likeness (QED) is 0.745. The number of hydrogen-bond acceptors (Lipinski definition) is 3. The Morgan fingerprint density at radius 2 is 2.16 bits per heavy atom. The van der Waals surface area contributed by atoms with Gasteiger partial charge in [0.25, 0.3) is 0 Å². The lowest BCUT2D eigenvalue weighted by atomic mass is 10.1. The van der Waals surface area contributed by atoms with Crippen molar-refractivity contribution in [1.29, 1.82) is 0 Å². The zero-order chi connectivity index (χ0) is 14.1. The minimum Gasteiger partial charge on any atom is -0.392 e.